The number of esters is 2. The molecule has 1 aromatic rings. The van der Waals surface area contributed by atoms with E-state index in [0.29, 0.717) is 11.5 Å². The second-order valence-corrected chi connectivity index (χ2v) is 11.5. The minimum atomic E-state index is -0.689. The first-order valence-electron chi connectivity index (χ1n) is 13.3. The number of carbonyl (C=O) groups is 2. The van der Waals surface area contributed by atoms with Crippen LogP contribution in [0.4, 0.5) is 0 Å². The van der Waals surface area contributed by atoms with E-state index in [9.17, 15) is 9.59 Å². The quantitative estimate of drug-likeness (QED) is 0.158. The minimum Gasteiger partial charge on any atom is -0.426 e. The van der Waals surface area contributed by atoms with Crippen LogP contribution in [-0.2, 0) is 9.59 Å². The fraction of sp³-hybridized carbons (Fsp3) is 0.724. The third kappa shape index (κ3) is 10.4. The van der Waals surface area contributed by atoms with Crippen molar-refractivity contribution >= 4 is 23.5 Å². The highest BCUT2D eigenvalue weighted by Crippen LogP contribution is 2.33. The number of hydrogen-bond acceptors (Lipinski definition) is 4. The zero-order valence-corrected chi connectivity index (χ0v) is 22.6. The molecule has 1 fully saturated rings. The topological polar surface area (TPSA) is 52.6 Å². The SMILES string of the molecule is CC(C)CCCC(C)CCC[C@H]1CC[C@H](C(=O)Oc2ccc(OC(=O)C(Cl)C(C)C)cc2)CC1. The highest BCUT2D eigenvalue weighted by atomic mass is 35.5. The Hall–Kier alpha value is -1.55. The van der Waals surface area contributed by atoms with Gasteiger partial charge in [0.1, 0.15) is 16.9 Å². The number of benzene rings is 1. The molecule has 192 valence electrons. The van der Waals surface area contributed by atoms with Gasteiger partial charge in [-0.25, -0.2) is 0 Å². The number of carbonyl (C=O) groups excluding carboxylic acids is 2. The molecule has 0 N–H and O–H groups in total. The Morgan fingerprint density at radius 3 is 1.97 bits per heavy atom. The highest BCUT2D eigenvalue weighted by molar-refractivity contribution is 6.30. The lowest BCUT2D eigenvalue weighted by atomic mass is 9.79. The average Bonchev–Trinajstić information content (AvgIpc) is 2.79. The van der Waals surface area contributed by atoms with Crippen LogP contribution in [0.25, 0.3) is 0 Å². The Morgan fingerprint density at radius 2 is 1.41 bits per heavy atom. The summed E-state index contributed by atoms with van der Waals surface area (Å²) >= 11 is 6.04. The van der Waals surface area contributed by atoms with Crippen molar-refractivity contribution in [3.05, 3.63) is 24.3 Å². The lowest BCUT2D eigenvalue weighted by molar-refractivity contribution is -0.140. The third-order valence-electron chi connectivity index (χ3n) is 7.04. The van der Waals surface area contributed by atoms with Crippen molar-refractivity contribution in [2.45, 2.75) is 104 Å². The summed E-state index contributed by atoms with van der Waals surface area (Å²) in [4.78, 5) is 24.6. The number of rotatable bonds is 13. The van der Waals surface area contributed by atoms with Crippen LogP contribution in [0.2, 0.25) is 0 Å². The number of hydrogen-bond donors (Lipinski definition) is 0. The van der Waals surface area contributed by atoms with Gasteiger partial charge in [-0.2, -0.15) is 0 Å². The fourth-order valence-corrected chi connectivity index (χ4v) is 4.73. The molecule has 0 aromatic heterocycles. The molecule has 2 rings (SSSR count). The van der Waals surface area contributed by atoms with Crippen molar-refractivity contribution in [3.8, 4) is 11.5 Å². The third-order valence-corrected chi connectivity index (χ3v) is 7.72. The summed E-state index contributed by atoms with van der Waals surface area (Å²) in [6.45, 7) is 10.7. The van der Waals surface area contributed by atoms with Gasteiger partial charge >= 0.3 is 11.9 Å². The summed E-state index contributed by atoms with van der Waals surface area (Å²) in [6.07, 6.45) is 12.0. The summed E-state index contributed by atoms with van der Waals surface area (Å²) in [6, 6.07) is 6.58. The zero-order valence-electron chi connectivity index (χ0n) is 21.9. The maximum absolute atomic E-state index is 12.6. The smallest absolute Gasteiger partial charge is 0.329 e. The molecule has 0 spiro atoms. The van der Waals surface area contributed by atoms with Crippen molar-refractivity contribution in [2.24, 2.45) is 29.6 Å². The molecule has 2 unspecified atom stereocenters. The van der Waals surface area contributed by atoms with E-state index in [1.807, 2.05) is 13.8 Å². The molecule has 5 heteroatoms. The molecule has 1 saturated carbocycles. The summed E-state index contributed by atoms with van der Waals surface area (Å²) in [5, 5.41) is -0.689. The maximum Gasteiger partial charge on any atom is 0.329 e. The van der Waals surface area contributed by atoms with E-state index in [4.69, 9.17) is 21.1 Å². The van der Waals surface area contributed by atoms with E-state index in [-0.39, 0.29) is 17.8 Å². The van der Waals surface area contributed by atoms with Crippen LogP contribution in [0.15, 0.2) is 24.3 Å². The van der Waals surface area contributed by atoms with Gasteiger partial charge in [0, 0.05) is 0 Å². The predicted molar refractivity (Wildman–Crippen MR) is 139 cm³/mol. The Bertz CT molecular complexity index is 735. The van der Waals surface area contributed by atoms with E-state index in [2.05, 4.69) is 20.8 Å². The molecule has 34 heavy (non-hydrogen) atoms. The number of ether oxygens (including phenoxy) is 2. The van der Waals surface area contributed by atoms with Gasteiger partial charge in [-0.1, -0.05) is 73.1 Å². The largest absolute Gasteiger partial charge is 0.426 e. The number of halogens is 1. The normalized spacial score (nSPS) is 20.2. The summed E-state index contributed by atoms with van der Waals surface area (Å²) in [5.74, 6) is 2.60. The lowest BCUT2D eigenvalue weighted by Crippen LogP contribution is -2.26. The average molecular weight is 493 g/mol. The van der Waals surface area contributed by atoms with Crippen LogP contribution >= 0.6 is 11.6 Å². The molecule has 0 bridgehead atoms. The first kappa shape index (κ1) is 28.7. The van der Waals surface area contributed by atoms with Gasteiger partial charge in [-0.05, 0) is 73.6 Å². The molecule has 2 atom stereocenters. The summed E-state index contributed by atoms with van der Waals surface area (Å²) < 4.78 is 10.9. The second-order valence-electron chi connectivity index (χ2n) is 11.0. The van der Waals surface area contributed by atoms with Crippen LogP contribution in [0.3, 0.4) is 0 Å². The standard InChI is InChI=1S/C29H45ClO4/c1-20(2)8-6-9-22(5)10-7-11-23-12-14-24(15-13-23)28(31)33-25-16-18-26(19-17-25)34-29(32)27(30)21(3)4/h16-24,27H,6-15H2,1-5H3/t22?,23-,24-,27?. The lowest BCUT2D eigenvalue weighted by Gasteiger charge is -2.27. The Balaban J connectivity index is 1.66. The van der Waals surface area contributed by atoms with Crippen molar-refractivity contribution in [2.75, 3.05) is 0 Å². The van der Waals surface area contributed by atoms with Crippen LogP contribution < -0.4 is 9.47 Å². The van der Waals surface area contributed by atoms with Gasteiger partial charge < -0.3 is 9.47 Å². The number of alkyl halides is 1. The van der Waals surface area contributed by atoms with Crippen molar-refractivity contribution in [1.29, 1.82) is 0 Å². The van der Waals surface area contributed by atoms with Gasteiger partial charge in [-0.15, -0.1) is 11.6 Å². The van der Waals surface area contributed by atoms with Crippen LogP contribution in [-0.4, -0.2) is 17.3 Å². The second kappa shape index (κ2) is 14.8. The predicted octanol–water partition coefficient (Wildman–Crippen LogP) is 8.20. The minimum absolute atomic E-state index is 0.00685. The summed E-state index contributed by atoms with van der Waals surface area (Å²) in [5.41, 5.74) is 0. The van der Waals surface area contributed by atoms with Crippen molar-refractivity contribution < 1.29 is 19.1 Å². The van der Waals surface area contributed by atoms with Gasteiger partial charge in [0.25, 0.3) is 0 Å². The first-order chi connectivity index (χ1) is 16.2. The van der Waals surface area contributed by atoms with Crippen LogP contribution in [0.1, 0.15) is 98.8 Å². The van der Waals surface area contributed by atoms with Crippen molar-refractivity contribution in [3.63, 3.8) is 0 Å². The van der Waals surface area contributed by atoms with E-state index >= 15 is 0 Å². The Kier molecular flexibility index (Phi) is 12.5. The van der Waals surface area contributed by atoms with Gasteiger partial charge in [-0.3, -0.25) is 9.59 Å². The fourth-order valence-electron chi connectivity index (χ4n) is 4.68. The van der Waals surface area contributed by atoms with Gasteiger partial charge in [0.2, 0.25) is 0 Å². The maximum atomic E-state index is 12.6. The molecule has 4 nitrogen and oxygen atoms in total. The molecule has 0 radical (unpaired) electrons. The van der Waals surface area contributed by atoms with E-state index in [0.717, 1.165) is 43.4 Å². The molecule has 0 aliphatic heterocycles. The molecule has 0 heterocycles. The van der Waals surface area contributed by atoms with E-state index in [1.54, 1.807) is 24.3 Å². The van der Waals surface area contributed by atoms with Gasteiger partial charge in [0.15, 0.2) is 0 Å². The van der Waals surface area contributed by atoms with E-state index in [1.165, 1.54) is 38.5 Å². The molecule has 0 saturated heterocycles. The molecule has 1 aliphatic carbocycles. The van der Waals surface area contributed by atoms with Crippen molar-refractivity contribution in [1.82, 2.24) is 0 Å². The van der Waals surface area contributed by atoms with E-state index < -0.39 is 11.3 Å². The van der Waals surface area contributed by atoms with Crippen LogP contribution in [0, 0.1) is 29.6 Å². The molecule has 0 amide bonds. The molecule has 1 aromatic carbocycles. The van der Waals surface area contributed by atoms with Gasteiger partial charge in [0.05, 0.1) is 5.92 Å². The Labute approximate surface area is 212 Å². The first-order valence-corrected chi connectivity index (χ1v) is 13.8. The van der Waals surface area contributed by atoms with Crippen LogP contribution in [0.5, 0.6) is 11.5 Å². The monoisotopic (exact) mass is 492 g/mol. The zero-order chi connectivity index (χ0) is 25.1. The highest BCUT2D eigenvalue weighted by Gasteiger charge is 2.28. The molecule has 1 aliphatic rings. The molecular weight excluding hydrogens is 448 g/mol. The Morgan fingerprint density at radius 1 is 0.853 bits per heavy atom. The molecular formula is C29H45ClO4. The summed E-state index contributed by atoms with van der Waals surface area (Å²) in [7, 11) is 0.